The smallest absolute Gasteiger partial charge is 0.380 e. The lowest BCUT2D eigenvalue weighted by atomic mass is 9.80. The third-order valence-corrected chi connectivity index (χ3v) is 6.27. The minimum absolute atomic E-state index is 0.0843. The molecule has 2 saturated heterocycles. The highest BCUT2D eigenvalue weighted by Gasteiger charge is 2.55. The number of hydrogen-bond acceptors (Lipinski definition) is 7. The van der Waals surface area contributed by atoms with Gasteiger partial charge in [0, 0.05) is 11.6 Å². The van der Waals surface area contributed by atoms with Gasteiger partial charge in [-0.05, 0) is 31.7 Å². The standard InChI is InChI=1S/C23H36F3N3O4/c1-8-20(2,3)12-30-13-21(4,5)18-17-16(32-22(6,7)33-17)14(11-31-18)28-19-27-10-9-15(29-19)23(24,25)26/h9-10,14,16-18H,8,11-13H2,1-7H3,(H,27,28,29)/t14-,16+,17+,18-/m0/s1. The van der Waals surface area contributed by atoms with Crippen LogP contribution in [0, 0.1) is 10.8 Å². The summed E-state index contributed by atoms with van der Waals surface area (Å²) in [7, 11) is 0. The van der Waals surface area contributed by atoms with Gasteiger partial charge < -0.3 is 24.3 Å². The van der Waals surface area contributed by atoms with Crippen LogP contribution in [0.25, 0.3) is 0 Å². The van der Waals surface area contributed by atoms with Gasteiger partial charge in [0.05, 0.1) is 32.0 Å². The predicted molar refractivity (Wildman–Crippen MR) is 117 cm³/mol. The average molecular weight is 476 g/mol. The van der Waals surface area contributed by atoms with E-state index < -0.39 is 35.9 Å². The first-order chi connectivity index (χ1) is 15.1. The van der Waals surface area contributed by atoms with Gasteiger partial charge in [-0.2, -0.15) is 13.2 Å². The first-order valence-corrected chi connectivity index (χ1v) is 11.4. The zero-order chi connectivity index (χ0) is 24.7. The lowest BCUT2D eigenvalue weighted by Crippen LogP contribution is -2.59. The molecule has 2 aliphatic rings. The molecule has 1 aromatic heterocycles. The minimum Gasteiger partial charge on any atom is -0.380 e. The number of nitrogens with zero attached hydrogens (tertiary/aromatic N) is 2. The van der Waals surface area contributed by atoms with Crippen LogP contribution in [-0.2, 0) is 25.1 Å². The van der Waals surface area contributed by atoms with Gasteiger partial charge in [0.15, 0.2) is 5.79 Å². The SMILES string of the molecule is CCC(C)(C)COCC(C)(C)[C@H]1OC[C@H](Nc2nccc(C(F)(F)F)n2)[C@H]2OC(C)(C)O[C@H]21. The first-order valence-electron chi connectivity index (χ1n) is 11.4. The molecule has 2 fully saturated rings. The van der Waals surface area contributed by atoms with Crippen LogP contribution in [0.3, 0.4) is 0 Å². The maximum absolute atomic E-state index is 13.0. The van der Waals surface area contributed by atoms with Crippen LogP contribution in [0.15, 0.2) is 12.3 Å². The Bertz CT molecular complexity index is 816. The van der Waals surface area contributed by atoms with E-state index in [0.29, 0.717) is 13.2 Å². The van der Waals surface area contributed by atoms with Crippen LogP contribution in [0.5, 0.6) is 0 Å². The third kappa shape index (κ3) is 6.35. The normalized spacial score (nSPS) is 27.9. The molecule has 0 radical (unpaired) electrons. The summed E-state index contributed by atoms with van der Waals surface area (Å²) in [6.07, 6.45) is -3.68. The summed E-state index contributed by atoms with van der Waals surface area (Å²) in [6.45, 7) is 15.5. The van der Waals surface area contributed by atoms with Crippen molar-refractivity contribution in [3.8, 4) is 0 Å². The number of fused-ring (bicyclic) bond motifs is 1. The summed E-state index contributed by atoms with van der Waals surface area (Å²) < 4.78 is 63.8. The summed E-state index contributed by atoms with van der Waals surface area (Å²) in [5.74, 6) is -0.995. The van der Waals surface area contributed by atoms with Crippen molar-refractivity contribution in [3.63, 3.8) is 0 Å². The van der Waals surface area contributed by atoms with Gasteiger partial charge >= 0.3 is 6.18 Å². The Labute approximate surface area is 193 Å². The predicted octanol–water partition coefficient (Wildman–Crippen LogP) is 4.67. The molecule has 0 saturated carbocycles. The highest BCUT2D eigenvalue weighted by atomic mass is 19.4. The Morgan fingerprint density at radius 2 is 1.79 bits per heavy atom. The second-order valence-electron chi connectivity index (χ2n) is 10.8. The minimum atomic E-state index is -4.55. The van der Waals surface area contributed by atoms with Crippen LogP contribution in [0.4, 0.5) is 19.1 Å². The molecule has 0 aliphatic carbocycles. The molecule has 1 N–H and O–H groups in total. The molecule has 7 nitrogen and oxygen atoms in total. The second-order valence-corrected chi connectivity index (χ2v) is 10.8. The number of alkyl halides is 3. The van der Waals surface area contributed by atoms with Crippen LogP contribution in [0.2, 0.25) is 0 Å². The van der Waals surface area contributed by atoms with E-state index in [2.05, 4.69) is 49.9 Å². The number of ether oxygens (including phenoxy) is 4. The van der Waals surface area contributed by atoms with Gasteiger partial charge in [-0.1, -0.05) is 34.6 Å². The number of anilines is 1. The summed E-state index contributed by atoms with van der Waals surface area (Å²) in [4.78, 5) is 7.55. The maximum Gasteiger partial charge on any atom is 0.433 e. The number of hydrogen-bond donors (Lipinski definition) is 1. The number of aromatic nitrogens is 2. The molecule has 2 aliphatic heterocycles. The Balaban J connectivity index is 1.73. The monoisotopic (exact) mass is 475 g/mol. The van der Waals surface area contributed by atoms with Gasteiger partial charge in [-0.15, -0.1) is 0 Å². The summed E-state index contributed by atoms with van der Waals surface area (Å²) >= 11 is 0. The number of nitrogens with one attached hydrogen (secondary N) is 1. The highest BCUT2D eigenvalue weighted by molar-refractivity contribution is 5.29. The lowest BCUT2D eigenvalue weighted by molar-refractivity contribution is -0.177. The van der Waals surface area contributed by atoms with Crippen molar-refractivity contribution < 1.29 is 32.1 Å². The molecule has 0 amide bonds. The van der Waals surface area contributed by atoms with Gasteiger partial charge in [0.1, 0.15) is 17.9 Å². The van der Waals surface area contributed by atoms with Gasteiger partial charge in [-0.25, -0.2) is 9.97 Å². The van der Waals surface area contributed by atoms with Crippen LogP contribution >= 0.6 is 0 Å². The molecule has 0 aromatic carbocycles. The Hall–Kier alpha value is -1.49. The van der Waals surface area contributed by atoms with E-state index in [0.717, 1.165) is 18.7 Å². The molecule has 0 unspecified atom stereocenters. The van der Waals surface area contributed by atoms with Crippen molar-refractivity contribution in [3.05, 3.63) is 18.0 Å². The fraction of sp³-hybridized carbons (Fsp3) is 0.826. The molecule has 4 atom stereocenters. The molecule has 3 rings (SSSR count). The molecule has 10 heteroatoms. The van der Waals surface area contributed by atoms with Crippen LogP contribution < -0.4 is 5.32 Å². The van der Waals surface area contributed by atoms with E-state index in [-0.39, 0.29) is 29.5 Å². The van der Waals surface area contributed by atoms with Crippen LogP contribution in [-0.4, -0.2) is 59.9 Å². The fourth-order valence-corrected chi connectivity index (χ4v) is 4.08. The Morgan fingerprint density at radius 1 is 1.12 bits per heavy atom. The molecule has 33 heavy (non-hydrogen) atoms. The third-order valence-electron chi connectivity index (χ3n) is 6.27. The zero-order valence-corrected chi connectivity index (χ0v) is 20.5. The molecule has 0 bridgehead atoms. The van der Waals surface area contributed by atoms with Crippen molar-refractivity contribution in [1.29, 1.82) is 0 Å². The van der Waals surface area contributed by atoms with Gasteiger partial charge in [0.2, 0.25) is 5.95 Å². The highest BCUT2D eigenvalue weighted by Crippen LogP contribution is 2.42. The first kappa shape index (κ1) is 26.1. The zero-order valence-electron chi connectivity index (χ0n) is 20.5. The van der Waals surface area contributed by atoms with Crippen molar-refractivity contribution in [2.24, 2.45) is 10.8 Å². The number of rotatable bonds is 8. The lowest BCUT2D eigenvalue weighted by Gasteiger charge is -2.44. The van der Waals surface area contributed by atoms with Crippen molar-refractivity contribution in [2.75, 3.05) is 25.1 Å². The van der Waals surface area contributed by atoms with Crippen LogP contribution in [0.1, 0.15) is 60.6 Å². The Kier molecular flexibility index (Phi) is 7.34. The summed E-state index contributed by atoms with van der Waals surface area (Å²) in [6, 6.07) is 0.356. The van der Waals surface area contributed by atoms with Gasteiger partial charge in [-0.3, -0.25) is 0 Å². The van der Waals surface area contributed by atoms with E-state index in [1.54, 1.807) is 0 Å². The van der Waals surface area contributed by atoms with E-state index in [1.807, 2.05) is 13.8 Å². The second kappa shape index (κ2) is 9.28. The molecule has 3 heterocycles. The number of halogens is 3. The van der Waals surface area contributed by atoms with E-state index >= 15 is 0 Å². The summed E-state index contributed by atoms with van der Waals surface area (Å²) in [5, 5.41) is 2.96. The summed E-state index contributed by atoms with van der Waals surface area (Å²) in [5.41, 5.74) is -1.31. The molecule has 188 valence electrons. The van der Waals surface area contributed by atoms with Crippen molar-refractivity contribution >= 4 is 5.95 Å². The molecular weight excluding hydrogens is 439 g/mol. The Morgan fingerprint density at radius 3 is 2.42 bits per heavy atom. The van der Waals surface area contributed by atoms with E-state index in [1.165, 1.54) is 0 Å². The molecule has 1 aromatic rings. The average Bonchev–Trinajstić information content (AvgIpc) is 3.02. The van der Waals surface area contributed by atoms with Gasteiger partial charge in [0.25, 0.3) is 0 Å². The maximum atomic E-state index is 13.0. The van der Waals surface area contributed by atoms with E-state index in [4.69, 9.17) is 18.9 Å². The van der Waals surface area contributed by atoms with E-state index in [9.17, 15) is 13.2 Å². The molecular formula is C23H36F3N3O4. The van der Waals surface area contributed by atoms with Crippen molar-refractivity contribution in [1.82, 2.24) is 9.97 Å². The quantitative estimate of drug-likeness (QED) is 0.585. The largest absolute Gasteiger partial charge is 0.433 e. The topological polar surface area (TPSA) is 74.7 Å². The fourth-order valence-electron chi connectivity index (χ4n) is 4.08. The molecule has 0 spiro atoms. The van der Waals surface area contributed by atoms with Crippen molar-refractivity contribution in [2.45, 2.75) is 91.2 Å².